The number of aliphatic hydroxyl groups excluding tert-OH is 1. The lowest BCUT2D eigenvalue weighted by Crippen LogP contribution is -2.51. The number of β-amino-alcohol motifs (C(OH)–C–C–N with tert-alkyl or cyclic N) is 1. The molecule has 0 radical (unpaired) electrons. The predicted molar refractivity (Wildman–Crippen MR) is 314 cm³/mol. The molecule has 19 nitrogen and oxygen atoms in total. The monoisotopic (exact) mass is 1180 g/mol. The lowest BCUT2D eigenvalue weighted by Gasteiger charge is -2.36. The third-order valence-corrected chi connectivity index (χ3v) is 19.5. The van der Waals surface area contributed by atoms with E-state index in [-0.39, 0.29) is 96.2 Å². The van der Waals surface area contributed by atoms with Crippen LogP contribution in [0.3, 0.4) is 0 Å². The first-order chi connectivity index (χ1) is 41.1. The Hall–Kier alpha value is -7.47. The number of anilines is 2. The minimum Gasteiger partial charge on any atom is -0.461 e. The number of piperazine rings is 2. The van der Waals surface area contributed by atoms with Gasteiger partial charge in [-0.2, -0.15) is 9.97 Å². The lowest BCUT2D eigenvalue weighted by atomic mass is 9.91. The van der Waals surface area contributed by atoms with E-state index in [1.165, 1.54) is 23.2 Å². The van der Waals surface area contributed by atoms with Gasteiger partial charge in [-0.3, -0.25) is 19.5 Å². The van der Waals surface area contributed by atoms with Gasteiger partial charge < -0.3 is 49.3 Å². The summed E-state index contributed by atoms with van der Waals surface area (Å²) in [4.78, 5) is 71.3. The van der Waals surface area contributed by atoms with Crippen LogP contribution in [0, 0.1) is 30.3 Å². The normalized spacial score (nSPS) is 24.0. The number of hydrogen-bond donors (Lipinski definition) is 3. The van der Waals surface area contributed by atoms with Gasteiger partial charge in [0.2, 0.25) is 11.8 Å². The molecule has 3 amide bonds. The van der Waals surface area contributed by atoms with Gasteiger partial charge in [0.1, 0.15) is 42.2 Å². The number of carbonyl (C=O) groups is 3. The fraction of sp³-hybridized carbons (Fsp3) is 0.484. The molecule has 23 heteroatoms. The second-order valence-electron chi connectivity index (χ2n) is 24.2. The van der Waals surface area contributed by atoms with Gasteiger partial charge in [0.25, 0.3) is 0 Å². The molecule has 2 unspecified atom stereocenters. The number of aliphatic hydroxyl groups is 1. The zero-order valence-corrected chi connectivity index (χ0v) is 48.8. The van der Waals surface area contributed by atoms with Gasteiger partial charge in [-0.1, -0.05) is 67.5 Å². The van der Waals surface area contributed by atoms with Crippen LogP contribution >= 0.6 is 11.3 Å². The highest BCUT2D eigenvalue weighted by molar-refractivity contribution is 7.13. The number of aromatic nitrogens is 5. The Kier molecular flexibility index (Phi) is 15.4. The number of amides is 3. The first-order valence-corrected chi connectivity index (χ1v) is 30.5. The van der Waals surface area contributed by atoms with Crippen LogP contribution in [0.25, 0.3) is 43.4 Å². The summed E-state index contributed by atoms with van der Waals surface area (Å²) in [5.41, 5.74) is 4.27. The van der Waals surface area contributed by atoms with Crippen LogP contribution < -0.4 is 25.2 Å². The van der Waals surface area contributed by atoms with Crippen LogP contribution in [0.1, 0.15) is 94.7 Å². The molecular weight excluding hydrogens is 1110 g/mol. The van der Waals surface area contributed by atoms with Crippen LogP contribution in [0.2, 0.25) is 0 Å². The SMILES string of the molecule is Cc1ncsc1-c1ccc([C@H](C)NC(=O)[C@@H]2C[C@@H](O)CN2C(=O)[C@@H](c2cc(N3CCN(C(=O)OC[C@H]4CC[C@]5(COc6nc(N7CC8CCC(C7)N8)c7cnc(-c8cccc9ccc(F)c(F)c89)c(F)c7n6)CCCN45)CC3)no2)C(C)C)cc1. The van der Waals surface area contributed by atoms with Crippen molar-refractivity contribution in [1.82, 2.24) is 50.4 Å². The molecule has 3 aromatic carbocycles. The van der Waals surface area contributed by atoms with Crippen LogP contribution in [0.15, 0.2) is 76.9 Å². The van der Waals surface area contributed by atoms with Crippen LogP contribution in [-0.2, 0) is 14.3 Å². The number of ether oxygens (including phenoxy) is 2. The largest absolute Gasteiger partial charge is 0.461 e. The Morgan fingerprint density at radius 1 is 0.906 bits per heavy atom. The Labute approximate surface area is 493 Å². The van der Waals surface area contributed by atoms with E-state index < -0.39 is 47.1 Å². The molecule has 0 spiro atoms. The molecule has 6 fully saturated rings. The number of carbonyl (C=O) groups excluding carboxylic acids is 3. The Morgan fingerprint density at radius 2 is 1.69 bits per heavy atom. The number of fused-ring (bicyclic) bond motifs is 5. The van der Waals surface area contributed by atoms with Gasteiger partial charge in [0, 0.05) is 93.6 Å². The fourth-order valence-corrected chi connectivity index (χ4v) is 14.9. The van der Waals surface area contributed by atoms with E-state index in [4.69, 9.17) is 19.0 Å². The molecule has 8 atom stereocenters. The summed E-state index contributed by atoms with van der Waals surface area (Å²) in [5, 5.41) is 22.7. The number of likely N-dealkylation sites (tertiary alicyclic amines) is 1. The zero-order valence-electron chi connectivity index (χ0n) is 48.0. The van der Waals surface area contributed by atoms with Crippen molar-refractivity contribution in [2.75, 3.05) is 75.4 Å². The minimum atomic E-state index is -1.08. The molecule has 2 bridgehead atoms. The van der Waals surface area contributed by atoms with Crippen molar-refractivity contribution in [2.45, 2.75) is 120 Å². The van der Waals surface area contributed by atoms with Gasteiger partial charge in [0.05, 0.1) is 39.2 Å². The highest BCUT2D eigenvalue weighted by Gasteiger charge is 2.51. The Balaban J connectivity index is 0.630. The quantitative estimate of drug-likeness (QED) is 0.0879. The Morgan fingerprint density at radius 3 is 2.45 bits per heavy atom. The number of benzene rings is 3. The van der Waals surface area contributed by atoms with Gasteiger partial charge in [-0.05, 0) is 87.4 Å². The molecule has 13 rings (SSSR count). The molecule has 0 aliphatic carbocycles. The molecule has 7 aromatic rings. The van der Waals surface area contributed by atoms with Crippen LogP contribution in [-0.4, -0.2) is 164 Å². The van der Waals surface area contributed by atoms with Crippen molar-refractivity contribution >= 4 is 62.6 Å². The summed E-state index contributed by atoms with van der Waals surface area (Å²) < 4.78 is 65.6. The summed E-state index contributed by atoms with van der Waals surface area (Å²) in [7, 11) is 0. The van der Waals surface area contributed by atoms with Gasteiger partial charge in [-0.15, -0.1) is 11.3 Å². The number of aryl methyl sites for hydroxylation is 1. The molecule has 4 aromatic heterocycles. The molecule has 6 aliphatic heterocycles. The second kappa shape index (κ2) is 23.1. The van der Waals surface area contributed by atoms with Crippen molar-refractivity contribution in [3.05, 3.63) is 107 Å². The summed E-state index contributed by atoms with van der Waals surface area (Å²) in [6, 6.07) is 16.3. The van der Waals surface area contributed by atoms with Crippen LogP contribution in [0.5, 0.6) is 6.01 Å². The minimum absolute atomic E-state index is 0.00891. The molecule has 6 saturated heterocycles. The number of thiazole rings is 1. The first kappa shape index (κ1) is 56.6. The summed E-state index contributed by atoms with van der Waals surface area (Å²) in [5.74, 6) is -3.18. The molecule has 6 aliphatic rings. The van der Waals surface area contributed by atoms with E-state index in [9.17, 15) is 23.9 Å². The zero-order chi connectivity index (χ0) is 58.8. The van der Waals surface area contributed by atoms with E-state index >= 15 is 8.78 Å². The maximum absolute atomic E-state index is 17.1. The number of rotatable bonds is 15. The van der Waals surface area contributed by atoms with Crippen molar-refractivity contribution < 1.29 is 46.7 Å². The van der Waals surface area contributed by atoms with Gasteiger partial charge in [-0.25, -0.2) is 22.9 Å². The highest BCUT2D eigenvalue weighted by Crippen LogP contribution is 2.44. The first-order valence-electron chi connectivity index (χ1n) is 29.7. The van der Waals surface area contributed by atoms with Crippen molar-refractivity contribution in [3.63, 3.8) is 0 Å². The Bertz CT molecular complexity index is 3660. The maximum Gasteiger partial charge on any atom is 0.409 e. The van der Waals surface area contributed by atoms with E-state index in [1.807, 2.05) is 62.4 Å². The molecular formula is C62H69F3N12O7S. The summed E-state index contributed by atoms with van der Waals surface area (Å²) in [6.07, 6.45) is 5.69. The van der Waals surface area contributed by atoms with Crippen molar-refractivity contribution in [1.29, 1.82) is 0 Å². The average Bonchev–Trinajstić information content (AvgIpc) is 2.99. The second-order valence-corrected chi connectivity index (χ2v) is 25.1. The van der Waals surface area contributed by atoms with Crippen molar-refractivity contribution in [2.24, 2.45) is 5.92 Å². The topological polar surface area (TPSA) is 208 Å². The number of hydrogen-bond acceptors (Lipinski definition) is 17. The third-order valence-electron chi connectivity index (χ3n) is 18.5. The standard InChI is InChI=1S/C62H69F3N12O7S/c1-34(2)50(59(80)76-30-43(78)25-47(76)58(79)68-35(3)37-9-11-39(12-10-37)56-36(4)67-33-85-56)48-26-49(72-84-48)73-21-23-74(24-22-73)61(81)82-31-42-17-19-62(18-6-20-77(42)62)32-83-60-70-55-45(57(71-60)75-28-40-14-15-41(29-75)69-40)27-66-54(53(55)65)44-8-5-7-38-13-16-46(63)52(64)51(38)44/h5,7-13,16,26-27,33-35,40-43,47,50,69,78H,6,14-15,17-25,28-32H2,1-4H3,(H,68,79)/t35-,40?,41?,42+,43+,47-,50+,62-/m0/s1. The number of nitrogens with one attached hydrogen (secondary N) is 2. The number of halogens is 3. The molecule has 0 saturated carbocycles. The number of pyridine rings is 1. The maximum atomic E-state index is 17.1. The lowest BCUT2D eigenvalue weighted by molar-refractivity contribution is -0.141. The van der Waals surface area contributed by atoms with Gasteiger partial charge in [0.15, 0.2) is 29.0 Å². The van der Waals surface area contributed by atoms with Crippen molar-refractivity contribution in [3.8, 4) is 27.7 Å². The highest BCUT2D eigenvalue weighted by atomic mass is 32.1. The molecule has 446 valence electrons. The average molecular weight is 1180 g/mol. The molecule has 3 N–H and O–H groups in total. The summed E-state index contributed by atoms with van der Waals surface area (Å²) >= 11 is 1.58. The third kappa shape index (κ3) is 10.8. The van der Waals surface area contributed by atoms with E-state index in [1.54, 1.807) is 34.4 Å². The smallest absolute Gasteiger partial charge is 0.409 e. The predicted octanol–water partition coefficient (Wildman–Crippen LogP) is 8.54. The number of nitrogens with zero attached hydrogens (tertiary/aromatic N) is 10. The van der Waals surface area contributed by atoms with E-state index in [0.717, 1.165) is 72.8 Å². The fourth-order valence-electron chi connectivity index (χ4n) is 14.0. The van der Waals surface area contributed by atoms with Crippen LogP contribution in [0.4, 0.5) is 29.6 Å². The summed E-state index contributed by atoms with van der Waals surface area (Å²) in [6.45, 7) is 11.9. The van der Waals surface area contributed by atoms with E-state index in [0.29, 0.717) is 67.4 Å². The molecule has 10 heterocycles. The van der Waals surface area contributed by atoms with E-state index in [2.05, 4.69) is 40.5 Å². The van der Waals surface area contributed by atoms with Gasteiger partial charge >= 0.3 is 12.1 Å². The molecule has 85 heavy (non-hydrogen) atoms.